The van der Waals surface area contributed by atoms with Crippen LogP contribution in [0.1, 0.15) is 54.7 Å². The van der Waals surface area contributed by atoms with E-state index >= 15 is 0 Å². The average molecular weight is 815 g/mol. The highest BCUT2D eigenvalue weighted by atomic mass is 19.4. The Morgan fingerprint density at radius 1 is 0.552 bits per heavy atom. The second-order valence-corrected chi connectivity index (χ2v) is 14.6. The SMILES string of the molecule is COc1ccc(C2=NN(c3c(OC(F)(F)F)cccc3C(=O)c3cccc(OC(F)(F)F)c3N3CC(C)(C)C(c4ccc(OC)c(OC)c4)=N3)CC2(C)C)cc1OC. The maximum absolute atomic E-state index is 14.9. The third kappa shape index (κ3) is 8.29. The quantitative estimate of drug-likeness (QED) is 0.102. The lowest BCUT2D eigenvalue weighted by Gasteiger charge is -2.27. The van der Waals surface area contributed by atoms with E-state index in [4.69, 9.17) is 29.2 Å². The molecule has 0 aromatic heterocycles. The predicted molar refractivity (Wildman–Crippen MR) is 204 cm³/mol. The molecular formula is C41H40F6N4O7. The summed E-state index contributed by atoms with van der Waals surface area (Å²) in [6.07, 6.45) is -10.4. The number of ether oxygens (including phenoxy) is 6. The van der Waals surface area contributed by atoms with Gasteiger partial charge in [-0.05, 0) is 60.7 Å². The van der Waals surface area contributed by atoms with Crippen LogP contribution in [-0.4, -0.2) is 71.5 Å². The summed E-state index contributed by atoms with van der Waals surface area (Å²) in [5, 5.41) is 11.9. The number of hydrogen-bond acceptors (Lipinski definition) is 11. The van der Waals surface area contributed by atoms with Crippen LogP contribution in [0, 0.1) is 10.8 Å². The highest BCUT2D eigenvalue weighted by molar-refractivity contribution is 6.18. The number of methoxy groups -OCH3 is 4. The average Bonchev–Trinajstić information content (AvgIpc) is 3.65. The topological polar surface area (TPSA) is 104 Å². The van der Waals surface area contributed by atoms with Crippen LogP contribution < -0.4 is 38.4 Å². The Morgan fingerprint density at radius 2 is 0.914 bits per heavy atom. The molecule has 0 radical (unpaired) electrons. The van der Waals surface area contributed by atoms with Crippen molar-refractivity contribution in [3.05, 3.63) is 95.1 Å². The molecule has 0 amide bonds. The summed E-state index contributed by atoms with van der Waals surface area (Å²) in [4.78, 5) is 14.9. The van der Waals surface area contributed by atoms with Crippen molar-refractivity contribution in [1.29, 1.82) is 0 Å². The van der Waals surface area contributed by atoms with E-state index in [1.165, 1.54) is 62.7 Å². The van der Waals surface area contributed by atoms with Gasteiger partial charge in [0.1, 0.15) is 11.4 Å². The summed E-state index contributed by atoms with van der Waals surface area (Å²) in [6, 6.07) is 17.0. The molecule has 2 aliphatic heterocycles. The molecule has 0 aliphatic carbocycles. The summed E-state index contributed by atoms with van der Waals surface area (Å²) < 4.78 is 114. The second kappa shape index (κ2) is 15.3. The Hall–Kier alpha value is -6.13. The van der Waals surface area contributed by atoms with E-state index in [0.717, 1.165) is 12.1 Å². The van der Waals surface area contributed by atoms with Gasteiger partial charge in [-0.2, -0.15) is 10.2 Å². The van der Waals surface area contributed by atoms with Gasteiger partial charge in [-0.15, -0.1) is 26.3 Å². The van der Waals surface area contributed by atoms with E-state index in [1.54, 1.807) is 36.4 Å². The number of benzene rings is 4. The Kier molecular flexibility index (Phi) is 11.0. The summed E-state index contributed by atoms with van der Waals surface area (Å²) in [7, 11) is 5.84. The van der Waals surface area contributed by atoms with E-state index in [9.17, 15) is 31.1 Å². The number of carbonyl (C=O) groups is 1. The molecule has 0 spiro atoms. The minimum absolute atomic E-state index is 0.0292. The summed E-state index contributed by atoms with van der Waals surface area (Å²) >= 11 is 0. The fourth-order valence-electron chi connectivity index (χ4n) is 7.11. The lowest BCUT2D eigenvalue weighted by Crippen LogP contribution is -2.30. The van der Waals surface area contributed by atoms with Crippen LogP contribution in [0.3, 0.4) is 0 Å². The number of nitrogens with zero attached hydrogens (tertiary/aromatic N) is 4. The second-order valence-electron chi connectivity index (χ2n) is 14.6. The molecule has 0 bridgehead atoms. The normalized spacial score (nSPS) is 16.1. The van der Waals surface area contributed by atoms with Crippen LogP contribution in [0.5, 0.6) is 34.5 Å². The summed E-state index contributed by atoms with van der Waals surface area (Å²) in [5.74, 6) is -0.840. The number of ketones is 1. The molecule has 2 aliphatic rings. The molecule has 0 N–H and O–H groups in total. The zero-order valence-electron chi connectivity index (χ0n) is 32.8. The number of anilines is 2. The van der Waals surface area contributed by atoms with Gasteiger partial charge < -0.3 is 28.4 Å². The molecule has 308 valence electrons. The highest BCUT2D eigenvalue weighted by Gasteiger charge is 2.43. The predicted octanol–water partition coefficient (Wildman–Crippen LogP) is 9.25. The standard InChI is InChI=1S/C41H40F6N4O7/c1-38(2)21-50(48-36(38)23-15-17-27(53-5)31(19-23)55-7)33-25(11-9-13-29(33)57-40(42,43)44)35(52)26-12-10-14-30(58-41(45,46)47)34(26)51-22-39(3,4)37(49-51)24-16-18-28(54-6)32(20-24)56-8/h9-20H,21-22H2,1-8H3. The van der Waals surface area contributed by atoms with Crippen LogP contribution >= 0.6 is 0 Å². The van der Waals surface area contributed by atoms with Crippen molar-refractivity contribution in [3.63, 3.8) is 0 Å². The molecule has 0 fully saturated rings. The Balaban J connectivity index is 1.53. The fraction of sp³-hybridized carbons (Fsp3) is 0.341. The van der Waals surface area contributed by atoms with E-state index in [0.29, 0.717) is 45.5 Å². The fourth-order valence-corrected chi connectivity index (χ4v) is 7.11. The van der Waals surface area contributed by atoms with Gasteiger partial charge in [0.15, 0.2) is 40.3 Å². The Bertz CT molecular complexity index is 2130. The van der Waals surface area contributed by atoms with Crippen molar-refractivity contribution >= 4 is 28.6 Å². The highest BCUT2D eigenvalue weighted by Crippen LogP contribution is 2.47. The van der Waals surface area contributed by atoms with Gasteiger partial charge in [-0.25, -0.2) is 0 Å². The molecule has 2 heterocycles. The lowest BCUT2D eigenvalue weighted by molar-refractivity contribution is -0.275. The number of rotatable bonds is 12. The van der Waals surface area contributed by atoms with Gasteiger partial charge in [-0.1, -0.05) is 39.8 Å². The number of halogens is 6. The number of alkyl halides is 6. The van der Waals surface area contributed by atoms with E-state index in [-0.39, 0.29) is 35.6 Å². The lowest BCUT2D eigenvalue weighted by atomic mass is 9.84. The maximum atomic E-state index is 14.9. The van der Waals surface area contributed by atoms with E-state index < -0.39 is 40.8 Å². The molecule has 0 saturated heterocycles. The zero-order valence-corrected chi connectivity index (χ0v) is 32.8. The number of carbonyl (C=O) groups excluding carboxylic acids is 1. The van der Waals surface area contributed by atoms with Gasteiger partial charge in [0.05, 0.1) is 64.1 Å². The minimum atomic E-state index is -5.19. The van der Waals surface area contributed by atoms with Crippen molar-refractivity contribution in [2.75, 3.05) is 51.5 Å². The smallest absolute Gasteiger partial charge is 0.493 e. The zero-order chi connectivity index (χ0) is 42.4. The van der Waals surface area contributed by atoms with Crippen LogP contribution in [0.2, 0.25) is 0 Å². The molecular weight excluding hydrogens is 774 g/mol. The molecule has 11 nitrogen and oxygen atoms in total. The molecule has 17 heteroatoms. The molecule has 4 aromatic carbocycles. The van der Waals surface area contributed by atoms with Gasteiger partial charge >= 0.3 is 12.7 Å². The number of hydrazone groups is 2. The first-order chi connectivity index (χ1) is 27.2. The third-order valence-electron chi connectivity index (χ3n) is 9.58. The van der Waals surface area contributed by atoms with Gasteiger partial charge in [0.2, 0.25) is 0 Å². The first-order valence-electron chi connectivity index (χ1n) is 17.7. The third-order valence-corrected chi connectivity index (χ3v) is 9.58. The minimum Gasteiger partial charge on any atom is -0.493 e. The molecule has 0 unspecified atom stereocenters. The number of para-hydroxylation sites is 2. The van der Waals surface area contributed by atoms with Crippen LogP contribution in [0.15, 0.2) is 83.0 Å². The van der Waals surface area contributed by atoms with Crippen molar-refractivity contribution in [3.8, 4) is 34.5 Å². The first kappa shape index (κ1) is 41.5. The van der Waals surface area contributed by atoms with Crippen LogP contribution in [0.25, 0.3) is 0 Å². The maximum Gasteiger partial charge on any atom is 0.573 e. The Morgan fingerprint density at radius 3 is 1.24 bits per heavy atom. The summed E-state index contributed by atoms with van der Waals surface area (Å²) in [6.45, 7) is 7.21. The molecule has 4 aromatic rings. The van der Waals surface area contributed by atoms with E-state index in [2.05, 4.69) is 9.47 Å². The van der Waals surface area contributed by atoms with Gasteiger partial charge in [0.25, 0.3) is 0 Å². The van der Waals surface area contributed by atoms with Crippen molar-refractivity contribution in [2.45, 2.75) is 40.4 Å². The first-order valence-corrected chi connectivity index (χ1v) is 17.7. The van der Waals surface area contributed by atoms with Gasteiger partial charge in [0, 0.05) is 22.0 Å². The monoisotopic (exact) mass is 814 g/mol. The largest absolute Gasteiger partial charge is 0.573 e. The van der Waals surface area contributed by atoms with Crippen LogP contribution in [-0.2, 0) is 0 Å². The molecule has 6 rings (SSSR count). The Labute approximate surface area is 330 Å². The summed E-state index contributed by atoms with van der Waals surface area (Å²) in [5.41, 5.74) is -1.07. The van der Waals surface area contributed by atoms with Gasteiger partial charge in [-0.3, -0.25) is 14.8 Å². The van der Waals surface area contributed by atoms with Crippen molar-refractivity contribution in [2.24, 2.45) is 21.0 Å². The number of hydrogen-bond donors (Lipinski definition) is 0. The van der Waals surface area contributed by atoms with Crippen LogP contribution in [0.4, 0.5) is 37.7 Å². The molecule has 58 heavy (non-hydrogen) atoms. The molecule has 0 saturated carbocycles. The van der Waals surface area contributed by atoms with Crippen molar-refractivity contribution in [1.82, 2.24) is 0 Å². The van der Waals surface area contributed by atoms with E-state index in [1.807, 2.05) is 27.7 Å². The van der Waals surface area contributed by atoms with Crippen molar-refractivity contribution < 1.29 is 59.6 Å². The molecule has 0 atom stereocenters.